The van der Waals surface area contributed by atoms with Crippen LogP contribution in [0.25, 0.3) is 0 Å². The van der Waals surface area contributed by atoms with Crippen molar-refractivity contribution < 1.29 is 4.74 Å². The number of nitriles is 3. The first-order chi connectivity index (χ1) is 15.6. The van der Waals surface area contributed by atoms with Crippen LogP contribution in [0.5, 0.6) is 5.75 Å². The second-order valence-corrected chi connectivity index (χ2v) is 8.22. The third-order valence-electron chi connectivity index (χ3n) is 6.59. The van der Waals surface area contributed by atoms with Crippen molar-refractivity contribution in [3.63, 3.8) is 0 Å². The van der Waals surface area contributed by atoms with E-state index in [4.69, 9.17) is 10.1 Å². The van der Waals surface area contributed by atoms with E-state index >= 15 is 0 Å². The first-order valence-corrected chi connectivity index (χ1v) is 10.5. The van der Waals surface area contributed by atoms with Gasteiger partial charge in [0.1, 0.15) is 11.7 Å². The van der Waals surface area contributed by atoms with Gasteiger partial charge in [0.25, 0.3) is 0 Å². The van der Waals surface area contributed by atoms with Gasteiger partial charge in [-0.1, -0.05) is 54.6 Å². The predicted octanol–water partition coefficient (Wildman–Crippen LogP) is 4.04. The number of hydrogen-bond donors (Lipinski definition) is 1. The SMILES string of the molecule is COc1ccccc1[C@H]1[C@@H]2CN(Cc3ccccc3)CC=C2[C@H](C#N)C(=N)C1(C#N)C#N. The van der Waals surface area contributed by atoms with E-state index in [0.717, 1.165) is 17.7 Å². The van der Waals surface area contributed by atoms with Crippen LogP contribution in [0.2, 0.25) is 0 Å². The van der Waals surface area contributed by atoms with Gasteiger partial charge in [0, 0.05) is 37.0 Å². The number of hydrogen-bond acceptors (Lipinski definition) is 6. The maximum Gasteiger partial charge on any atom is 0.189 e. The average molecular weight is 422 g/mol. The maximum absolute atomic E-state index is 10.2. The molecule has 0 spiro atoms. The molecule has 0 aromatic heterocycles. The molecule has 0 radical (unpaired) electrons. The zero-order valence-electron chi connectivity index (χ0n) is 17.8. The number of para-hydroxylation sites is 1. The van der Waals surface area contributed by atoms with Crippen molar-refractivity contribution in [2.24, 2.45) is 17.3 Å². The van der Waals surface area contributed by atoms with Gasteiger partial charge in [-0.2, -0.15) is 15.8 Å². The van der Waals surface area contributed by atoms with Gasteiger partial charge in [-0.3, -0.25) is 4.90 Å². The summed E-state index contributed by atoms with van der Waals surface area (Å²) in [5.41, 5.74) is 0.841. The lowest BCUT2D eigenvalue weighted by Gasteiger charge is -2.48. The fourth-order valence-corrected chi connectivity index (χ4v) is 5.11. The first kappa shape index (κ1) is 21.3. The Bertz CT molecular complexity index is 1170. The Morgan fingerprint density at radius 3 is 2.41 bits per heavy atom. The minimum Gasteiger partial charge on any atom is -0.496 e. The highest BCUT2D eigenvalue weighted by Gasteiger charge is 2.58. The van der Waals surface area contributed by atoms with E-state index in [2.05, 4.69) is 35.2 Å². The van der Waals surface area contributed by atoms with E-state index in [0.29, 0.717) is 18.8 Å². The molecule has 2 aliphatic rings. The summed E-state index contributed by atoms with van der Waals surface area (Å²) in [6, 6.07) is 24.0. The smallest absolute Gasteiger partial charge is 0.189 e. The fourth-order valence-electron chi connectivity index (χ4n) is 5.11. The van der Waals surface area contributed by atoms with Gasteiger partial charge >= 0.3 is 0 Å². The topological polar surface area (TPSA) is 108 Å². The fraction of sp³-hybridized carbons (Fsp3) is 0.308. The van der Waals surface area contributed by atoms with Crippen LogP contribution < -0.4 is 4.74 Å². The molecule has 1 N–H and O–H groups in total. The van der Waals surface area contributed by atoms with Crippen molar-refractivity contribution >= 4 is 5.71 Å². The summed E-state index contributed by atoms with van der Waals surface area (Å²) in [4.78, 5) is 2.26. The van der Waals surface area contributed by atoms with E-state index in [-0.39, 0.29) is 11.6 Å². The molecule has 2 aromatic rings. The summed E-state index contributed by atoms with van der Waals surface area (Å²) in [7, 11) is 1.56. The molecule has 0 bridgehead atoms. The molecule has 0 amide bonds. The van der Waals surface area contributed by atoms with Crippen LogP contribution in [0.3, 0.4) is 0 Å². The first-order valence-electron chi connectivity index (χ1n) is 10.5. The monoisotopic (exact) mass is 421 g/mol. The molecule has 6 nitrogen and oxygen atoms in total. The van der Waals surface area contributed by atoms with E-state index < -0.39 is 17.3 Å². The van der Waals surface area contributed by atoms with E-state index in [1.165, 1.54) is 5.56 Å². The van der Waals surface area contributed by atoms with Gasteiger partial charge in [-0.15, -0.1) is 0 Å². The van der Waals surface area contributed by atoms with Crippen LogP contribution >= 0.6 is 0 Å². The Morgan fingerprint density at radius 2 is 1.75 bits per heavy atom. The molecule has 1 saturated carbocycles. The van der Waals surface area contributed by atoms with Crippen LogP contribution in [-0.4, -0.2) is 30.8 Å². The molecule has 0 unspecified atom stereocenters. The maximum atomic E-state index is 10.2. The van der Waals surface area contributed by atoms with E-state index in [1.54, 1.807) is 7.11 Å². The molecule has 0 saturated heterocycles. The second kappa shape index (κ2) is 8.67. The minimum absolute atomic E-state index is 0.139. The minimum atomic E-state index is -1.74. The Labute approximate surface area is 188 Å². The van der Waals surface area contributed by atoms with Crippen molar-refractivity contribution in [2.75, 3.05) is 20.2 Å². The lowest BCUT2D eigenvalue weighted by atomic mass is 9.54. The van der Waals surface area contributed by atoms with E-state index in [9.17, 15) is 15.8 Å². The molecule has 158 valence electrons. The molecule has 1 aliphatic carbocycles. The summed E-state index contributed by atoms with van der Waals surface area (Å²) in [5, 5.41) is 39.1. The Hall–Kier alpha value is -3.92. The van der Waals surface area contributed by atoms with Crippen LogP contribution in [0.4, 0.5) is 0 Å². The van der Waals surface area contributed by atoms with Gasteiger partial charge < -0.3 is 10.1 Å². The Morgan fingerprint density at radius 1 is 1.06 bits per heavy atom. The summed E-state index contributed by atoms with van der Waals surface area (Å²) >= 11 is 0. The van der Waals surface area contributed by atoms with Gasteiger partial charge in [-0.25, -0.2) is 0 Å². The number of nitrogens with zero attached hydrogens (tertiary/aromatic N) is 4. The molecular weight excluding hydrogens is 398 g/mol. The number of nitrogens with one attached hydrogen (secondary N) is 1. The Kier molecular flexibility index (Phi) is 5.78. The molecular formula is C26H23N5O. The number of ether oxygens (including phenoxy) is 1. The molecule has 32 heavy (non-hydrogen) atoms. The van der Waals surface area contributed by atoms with Gasteiger partial charge in [0.2, 0.25) is 0 Å². The quantitative estimate of drug-likeness (QED) is 0.750. The summed E-state index contributed by atoms with van der Waals surface area (Å²) in [6.07, 6.45) is 2.01. The highest BCUT2D eigenvalue weighted by atomic mass is 16.5. The van der Waals surface area contributed by atoms with Crippen molar-refractivity contribution in [3.05, 3.63) is 77.4 Å². The molecule has 1 heterocycles. The highest BCUT2D eigenvalue weighted by molar-refractivity contribution is 6.01. The zero-order chi connectivity index (χ0) is 22.7. The van der Waals surface area contributed by atoms with Crippen molar-refractivity contribution in [2.45, 2.75) is 12.5 Å². The number of methoxy groups -OCH3 is 1. The molecule has 2 aromatic carbocycles. The Balaban J connectivity index is 1.85. The lowest BCUT2D eigenvalue weighted by Crippen LogP contribution is -2.52. The predicted molar refractivity (Wildman–Crippen MR) is 120 cm³/mol. The molecule has 1 fully saturated rings. The van der Waals surface area contributed by atoms with Gasteiger partial charge in [0.15, 0.2) is 5.41 Å². The van der Waals surface area contributed by atoms with Crippen LogP contribution in [0.1, 0.15) is 17.0 Å². The zero-order valence-corrected chi connectivity index (χ0v) is 17.8. The number of fused-ring (bicyclic) bond motifs is 1. The third kappa shape index (κ3) is 3.34. The molecule has 1 aliphatic heterocycles. The van der Waals surface area contributed by atoms with Crippen LogP contribution in [0.15, 0.2) is 66.2 Å². The summed E-state index contributed by atoms with van der Waals surface area (Å²) in [6.45, 7) is 1.96. The van der Waals surface area contributed by atoms with Crippen molar-refractivity contribution in [3.8, 4) is 24.0 Å². The number of rotatable bonds is 4. The van der Waals surface area contributed by atoms with Gasteiger partial charge in [0.05, 0.1) is 31.0 Å². The lowest BCUT2D eigenvalue weighted by molar-refractivity contribution is 0.196. The average Bonchev–Trinajstić information content (AvgIpc) is 2.84. The largest absolute Gasteiger partial charge is 0.496 e. The molecule has 3 atom stereocenters. The molecule has 4 rings (SSSR count). The van der Waals surface area contributed by atoms with Crippen LogP contribution in [-0.2, 0) is 6.54 Å². The van der Waals surface area contributed by atoms with E-state index in [1.807, 2.05) is 48.5 Å². The number of benzene rings is 2. The summed E-state index contributed by atoms with van der Waals surface area (Å²) in [5.74, 6) is -1.17. The molecule has 6 heteroatoms. The van der Waals surface area contributed by atoms with Crippen molar-refractivity contribution in [1.82, 2.24) is 4.90 Å². The van der Waals surface area contributed by atoms with Crippen LogP contribution in [0, 0.1) is 56.7 Å². The highest BCUT2D eigenvalue weighted by Crippen LogP contribution is 2.55. The van der Waals surface area contributed by atoms with Crippen molar-refractivity contribution in [1.29, 1.82) is 21.2 Å². The normalized spacial score (nSPS) is 24.2. The van der Waals surface area contributed by atoms with Gasteiger partial charge in [-0.05, 0) is 17.2 Å². The second-order valence-electron chi connectivity index (χ2n) is 8.22. The summed E-state index contributed by atoms with van der Waals surface area (Å²) < 4.78 is 5.58. The third-order valence-corrected chi connectivity index (χ3v) is 6.59. The standard InChI is InChI=1S/C26H23N5O/c1-32-23-10-6-5-9-20(23)24-22-15-31(14-18-7-3-2-4-8-18)12-11-19(22)21(13-27)25(30)26(24,16-28)17-29/h2-11,21-22,24,30H,12,14-15H2,1H3/t21-,22+,24-/m0/s1.